The number of carbonyl (C=O) groups excluding carboxylic acids is 2. The van der Waals surface area contributed by atoms with Gasteiger partial charge in [-0.05, 0) is 55.7 Å². The minimum atomic E-state index is -0.744. The van der Waals surface area contributed by atoms with E-state index in [1.165, 1.54) is 17.7 Å². The van der Waals surface area contributed by atoms with Crippen LogP contribution in [-0.2, 0) is 11.2 Å². The molecule has 1 heterocycles. The highest BCUT2D eigenvalue weighted by atomic mass is 16.5. The molecule has 0 aliphatic heterocycles. The molecule has 7 heteroatoms. The van der Waals surface area contributed by atoms with E-state index in [0.717, 1.165) is 12.2 Å². The van der Waals surface area contributed by atoms with Crippen LogP contribution < -0.4 is 20.4 Å². The molecule has 3 aromatic rings. The van der Waals surface area contributed by atoms with Crippen LogP contribution in [0.5, 0.6) is 11.5 Å². The van der Waals surface area contributed by atoms with E-state index in [0.29, 0.717) is 25.0 Å². The Morgan fingerprint density at radius 2 is 1.74 bits per heavy atom. The molecule has 0 bridgehead atoms. The van der Waals surface area contributed by atoms with Gasteiger partial charge in [0, 0.05) is 24.4 Å². The van der Waals surface area contributed by atoms with Crippen LogP contribution in [0.1, 0.15) is 42.6 Å². The number of nitrogens with one attached hydrogen (secondary N) is 1. The van der Waals surface area contributed by atoms with Crippen LogP contribution in [0.15, 0.2) is 57.7 Å². The van der Waals surface area contributed by atoms with Crippen LogP contribution in [0.3, 0.4) is 0 Å². The maximum absolute atomic E-state index is 12.1. The molecule has 0 radical (unpaired) electrons. The number of aryl methyl sites for hydroxylation is 1. The maximum atomic E-state index is 12.1. The Labute approximate surface area is 180 Å². The zero-order valence-corrected chi connectivity index (χ0v) is 17.6. The van der Waals surface area contributed by atoms with E-state index in [1.807, 2.05) is 24.3 Å². The molecule has 0 spiro atoms. The minimum Gasteiger partial charge on any atom is -0.494 e. The summed E-state index contributed by atoms with van der Waals surface area (Å²) in [6, 6.07) is 14.0. The highest BCUT2D eigenvalue weighted by molar-refractivity contribution is 5.96. The first-order valence-electron chi connectivity index (χ1n) is 10.3. The highest BCUT2D eigenvalue weighted by Crippen LogP contribution is 2.21. The summed E-state index contributed by atoms with van der Waals surface area (Å²) in [5.74, 6) is 0.132. The predicted molar refractivity (Wildman–Crippen MR) is 117 cm³/mol. The molecule has 2 aromatic carbocycles. The number of fused-ring (bicyclic) bond motifs is 1. The van der Waals surface area contributed by atoms with Gasteiger partial charge in [-0.25, -0.2) is 4.79 Å². The second kappa shape index (κ2) is 10.4. The van der Waals surface area contributed by atoms with Crippen LogP contribution in [0.2, 0.25) is 0 Å². The van der Waals surface area contributed by atoms with Crippen molar-refractivity contribution in [3.63, 3.8) is 0 Å². The van der Waals surface area contributed by atoms with Gasteiger partial charge in [0.05, 0.1) is 6.61 Å². The first-order chi connectivity index (χ1) is 15.0. The Morgan fingerprint density at radius 3 is 2.45 bits per heavy atom. The van der Waals surface area contributed by atoms with Crippen molar-refractivity contribution in [3.05, 3.63) is 70.1 Å². The van der Waals surface area contributed by atoms with Gasteiger partial charge in [0.25, 0.3) is 5.91 Å². The molecule has 0 unspecified atom stereocenters. The smallest absolute Gasteiger partial charge is 0.349 e. The van der Waals surface area contributed by atoms with Crippen LogP contribution in [0.4, 0.5) is 0 Å². The van der Waals surface area contributed by atoms with Crippen LogP contribution in [-0.4, -0.2) is 25.0 Å². The van der Waals surface area contributed by atoms with E-state index < -0.39 is 17.5 Å². The Hall–Kier alpha value is -3.61. The van der Waals surface area contributed by atoms with Crippen molar-refractivity contribution in [2.24, 2.45) is 0 Å². The van der Waals surface area contributed by atoms with Crippen molar-refractivity contribution in [2.75, 3.05) is 13.2 Å². The van der Waals surface area contributed by atoms with Crippen molar-refractivity contribution in [3.8, 4) is 11.5 Å². The molecule has 0 aliphatic carbocycles. The summed E-state index contributed by atoms with van der Waals surface area (Å²) in [5.41, 5.74) is 0.666. The van der Waals surface area contributed by atoms with Crippen molar-refractivity contribution >= 4 is 22.8 Å². The zero-order chi connectivity index (χ0) is 22.2. The molecular formula is C24H25NO6. The minimum absolute atomic E-state index is 0.0663. The normalized spacial score (nSPS) is 10.6. The van der Waals surface area contributed by atoms with Gasteiger partial charge in [0.2, 0.25) is 0 Å². The predicted octanol–water partition coefficient (Wildman–Crippen LogP) is 3.87. The highest BCUT2D eigenvalue weighted by Gasteiger charge is 2.14. The van der Waals surface area contributed by atoms with Gasteiger partial charge >= 0.3 is 11.6 Å². The zero-order valence-electron chi connectivity index (χ0n) is 17.6. The van der Waals surface area contributed by atoms with Gasteiger partial charge in [0.15, 0.2) is 0 Å². The molecule has 1 N–H and O–H groups in total. The monoisotopic (exact) mass is 423 g/mol. The summed E-state index contributed by atoms with van der Waals surface area (Å²) >= 11 is 0. The SMILES string of the molecule is CCNC(=O)c1cc2ccc(OC(=O)CCCOc3ccc(CC)cc3)cc2oc1=O. The number of esters is 1. The molecule has 0 saturated carbocycles. The topological polar surface area (TPSA) is 94.8 Å². The molecule has 1 amide bonds. The van der Waals surface area contributed by atoms with Crippen LogP contribution in [0, 0.1) is 0 Å². The number of amides is 1. The number of rotatable bonds is 9. The summed E-state index contributed by atoms with van der Waals surface area (Å²) in [4.78, 5) is 36.1. The average Bonchev–Trinajstić information content (AvgIpc) is 2.76. The van der Waals surface area contributed by atoms with Crippen molar-refractivity contribution in [1.29, 1.82) is 0 Å². The number of carbonyl (C=O) groups is 2. The third-order valence-electron chi connectivity index (χ3n) is 4.65. The Balaban J connectivity index is 1.54. The lowest BCUT2D eigenvalue weighted by Crippen LogP contribution is -2.27. The third-order valence-corrected chi connectivity index (χ3v) is 4.65. The van der Waals surface area contributed by atoms with Crippen LogP contribution >= 0.6 is 0 Å². The fourth-order valence-electron chi connectivity index (χ4n) is 2.98. The molecule has 0 fully saturated rings. The fourth-order valence-corrected chi connectivity index (χ4v) is 2.98. The Kier molecular flexibility index (Phi) is 7.43. The van der Waals surface area contributed by atoms with Crippen molar-refractivity contribution < 1.29 is 23.5 Å². The second-order valence-corrected chi connectivity index (χ2v) is 6.93. The molecule has 0 aliphatic rings. The first-order valence-corrected chi connectivity index (χ1v) is 10.3. The maximum Gasteiger partial charge on any atom is 0.349 e. The van der Waals surface area contributed by atoms with Gasteiger partial charge in [-0.2, -0.15) is 0 Å². The van der Waals surface area contributed by atoms with Gasteiger partial charge in [-0.15, -0.1) is 0 Å². The number of hydrogen-bond acceptors (Lipinski definition) is 6. The Bertz CT molecular complexity index is 1120. The molecule has 0 atom stereocenters. The molecule has 7 nitrogen and oxygen atoms in total. The third kappa shape index (κ3) is 5.94. The molecule has 1 aromatic heterocycles. The molecule has 162 valence electrons. The number of hydrogen-bond donors (Lipinski definition) is 1. The first kappa shape index (κ1) is 22.1. The van der Waals surface area contributed by atoms with E-state index in [4.69, 9.17) is 13.9 Å². The molecule has 0 saturated heterocycles. The lowest BCUT2D eigenvalue weighted by molar-refractivity contribution is -0.134. The van der Waals surface area contributed by atoms with E-state index in [2.05, 4.69) is 12.2 Å². The van der Waals surface area contributed by atoms with Gasteiger partial charge < -0.3 is 19.2 Å². The quantitative estimate of drug-likeness (QED) is 0.243. The van der Waals surface area contributed by atoms with Crippen molar-refractivity contribution in [2.45, 2.75) is 33.1 Å². The van der Waals surface area contributed by atoms with E-state index >= 15 is 0 Å². The summed E-state index contributed by atoms with van der Waals surface area (Å²) in [6.45, 7) is 4.65. The lowest BCUT2D eigenvalue weighted by Gasteiger charge is -2.08. The van der Waals surface area contributed by atoms with Crippen LogP contribution in [0.25, 0.3) is 11.0 Å². The molecule has 3 rings (SSSR count). The summed E-state index contributed by atoms with van der Waals surface area (Å²) in [5, 5.41) is 3.12. The summed E-state index contributed by atoms with van der Waals surface area (Å²) < 4.78 is 16.2. The van der Waals surface area contributed by atoms with Gasteiger partial charge in [-0.3, -0.25) is 9.59 Å². The standard InChI is InChI=1S/C24H25NO6/c1-3-16-7-10-18(11-8-16)29-13-5-6-22(26)30-19-12-9-17-14-20(23(27)25-4-2)24(28)31-21(17)15-19/h7-12,14-15H,3-6,13H2,1-2H3,(H,25,27). The fraction of sp³-hybridized carbons (Fsp3) is 0.292. The number of benzene rings is 2. The van der Waals surface area contributed by atoms with Gasteiger partial charge in [0.1, 0.15) is 22.6 Å². The summed E-state index contributed by atoms with van der Waals surface area (Å²) in [7, 11) is 0. The Morgan fingerprint density at radius 1 is 1.00 bits per heavy atom. The molecular weight excluding hydrogens is 398 g/mol. The van der Waals surface area contributed by atoms with E-state index in [-0.39, 0.29) is 23.3 Å². The average molecular weight is 423 g/mol. The van der Waals surface area contributed by atoms with E-state index in [1.54, 1.807) is 19.1 Å². The van der Waals surface area contributed by atoms with Crippen molar-refractivity contribution in [1.82, 2.24) is 5.32 Å². The second-order valence-electron chi connectivity index (χ2n) is 6.93. The summed E-state index contributed by atoms with van der Waals surface area (Å²) in [6.07, 6.45) is 1.66. The largest absolute Gasteiger partial charge is 0.494 e. The number of ether oxygens (including phenoxy) is 2. The van der Waals surface area contributed by atoms with Gasteiger partial charge in [-0.1, -0.05) is 19.1 Å². The lowest BCUT2D eigenvalue weighted by atomic mass is 10.1. The molecule has 31 heavy (non-hydrogen) atoms. The van der Waals surface area contributed by atoms with E-state index in [9.17, 15) is 14.4 Å².